The van der Waals surface area contributed by atoms with Gasteiger partial charge < -0.3 is 0 Å². The Morgan fingerprint density at radius 3 is 2.46 bits per heavy atom. The first-order valence-electron chi connectivity index (χ1n) is 8.41. The number of aromatic nitrogens is 3. The van der Waals surface area contributed by atoms with Crippen LogP contribution in [0.3, 0.4) is 0 Å². The molecule has 0 spiro atoms. The molecule has 1 aromatic heterocycles. The number of carbonyl (C=O) groups is 1. The van der Waals surface area contributed by atoms with Crippen molar-refractivity contribution in [1.82, 2.24) is 15.0 Å². The summed E-state index contributed by atoms with van der Waals surface area (Å²) in [5.74, 6) is -0.155. The number of allylic oxidation sites excluding steroid dienone is 1. The highest BCUT2D eigenvalue weighted by molar-refractivity contribution is 6.06. The van der Waals surface area contributed by atoms with Crippen LogP contribution in [0.25, 0.3) is 22.5 Å². The van der Waals surface area contributed by atoms with Gasteiger partial charge in [-0.15, -0.1) is 5.10 Å². The van der Waals surface area contributed by atoms with E-state index in [0.717, 1.165) is 22.3 Å². The Bertz CT molecular complexity index is 1110. The molecule has 0 unspecified atom stereocenters. The minimum absolute atomic E-state index is 0.155. The average molecular weight is 339 g/mol. The van der Waals surface area contributed by atoms with Crippen LogP contribution in [0.1, 0.15) is 21.7 Å². The van der Waals surface area contributed by atoms with Gasteiger partial charge in [0.15, 0.2) is 5.69 Å². The van der Waals surface area contributed by atoms with Gasteiger partial charge in [0.1, 0.15) is 0 Å². The van der Waals surface area contributed by atoms with Crippen molar-refractivity contribution in [2.24, 2.45) is 0 Å². The summed E-state index contributed by atoms with van der Waals surface area (Å²) < 4.78 is 1.68. The molecule has 0 aliphatic carbocycles. The van der Waals surface area contributed by atoms with Crippen molar-refractivity contribution in [2.45, 2.75) is 6.92 Å². The SMILES string of the molecule is Cc1c(C(=O)C=Cc2ccc3ccccc3c2)nnn1-c1ccccc1. The van der Waals surface area contributed by atoms with Gasteiger partial charge >= 0.3 is 0 Å². The van der Waals surface area contributed by atoms with Crippen LogP contribution >= 0.6 is 0 Å². The number of hydrogen-bond acceptors (Lipinski definition) is 3. The number of ketones is 1. The maximum Gasteiger partial charge on any atom is 0.208 e. The molecule has 4 aromatic rings. The quantitative estimate of drug-likeness (QED) is 0.402. The van der Waals surface area contributed by atoms with Crippen molar-refractivity contribution in [2.75, 3.05) is 0 Å². The molecule has 0 N–H and O–H groups in total. The second kappa shape index (κ2) is 6.76. The van der Waals surface area contributed by atoms with E-state index in [0.29, 0.717) is 5.69 Å². The zero-order valence-corrected chi connectivity index (χ0v) is 14.3. The molecule has 126 valence electrons. The van der Waals surface area contributed by atoms with Crippen LogP contribution in [0.2, 0.25) is 0 Å². The summed E-state index contributed by atoms with van der Waals surface area (Å²) in [6.45, 7) is 1.85. The fourth-order valence-electron chi connectivity index (χ4n) is 2.93. The Morgan fingerprint density at radius 1 is 0.923 bits per heavy atom. The van der Waals surface area contributed by atoms with Crippen molar-refractivity contribution >= 4 is 22.6 Å². The third kappa shape index (κ3) is 3.05. The fraction of sp³-hybridized carbons (Fsp3) is 0.0455. The van der Waals surface area contributed by atoms with Crippen LogP contribution in [-0.4, -0.2) is 20.8 Å². The van der Waals surface area contributed by atoms with E-state index in [1.165, 1.54) is 5.39 Å². The highest BCUT2D eigenvalue weighted by atomic mass is 16.1. The summed E-state index contributed by atoms with van der Waals surface area (Å²) in [6, 6.07) is 23.9. The van der Waals surface area contributed by atoms with E-state index in [2.05, 4.69) is 34.6 Å². The smallest absolute Gasteiger partial charge is 0.208 e. The highest BCUT2D eigenvalue weighted by Crippen LogP contribution is 2.17. The van der Waals surface area contributed by atoms with Gasteiger partial charge in [-0.25, -0.2) is 4.68 Å². The standard InChI is InChI=1S/C22H17N3O/c1-16-22(23-24-25(16)20-9-3-2-4-10-20)21(26)14-12-17-11-13-18-7-5-6-8-19(18)15-17/h2-15H,1H3. The van der Waals surface area contributed by atoms with Gasteiger partial charge in [-0.3, -0.25) is 4.79 Å². The number of nitrogens with zero attached hydrogens (tertiary/aromatic N) is 3. The Labute approximate surface area is 151 Å². The van der Waals surface area contributed by atoms with Gasteiger partial charge in [-0.05, 0) is 47.5 Å². The first kappa shape index (κ1) is 16.0. The maximum atomic E-state index is 12.5. The van der Waals surface area contributed by atoms with Crippen LogP contribution in [0.15, 0.2) is 78.9 Å². The lowest BCUT2D eigenvalue weighted by molar-refractivity contribution is 0.104. The summed E-state index contributed by atoms with van der Waals surface area (Å²) in [5.41, 5.74) is 2.95. The number of rotatable bonds is 4. The first-order valence-corrected chi connectivity index (χ1v) is 8.41. The van der Waals surface area contributed by atoms with Gasteiger partial charge in [0, 0.05) is 0 Å². The van der Waals surface area contributed by atoms with E-state index in [4.69, 9.17) is 0 Å². The van der Waals surface area contributed by atoms with Crippen LogP contribution in [0, 0.1) is 6.92 Å². The molecule has 0 aliphatic heterocycles. The molecule has 1 heterocycles. The summed E-state index contributed by atoms with van der Waals surface area (Å²) in [5, 5.41) is 10.5. The number of carbonyl (C=O) groups excluding carboxylic acids is 1. The number of fused-ring (bicyclic) bond motifs is 1. The molecule has 3 aromatic carbocycles. The minimum atomic E-state index is -0.155. The molecule has 0 saturated heterocycles. The largest absolute Gasteiger partial charge is 0.287 e. The van der Waals surface area contributed by atoms with E-state index in [1.54, 1.807) is 10.8 Å². The predicted octanol–water partition coefficient (Wildman–Crippen LogP) is 4.63. The van der Waals surface area contributed by atoms with Gasteiger partial charge in [-0.1, -0.05) is 65.9 Å². The van der Waals surface area contributed by atoms with Crippen LogP contribution in [0.4, 0.5) is 0 Å². The minimum Gasteiger partial charge on any atom is -0.287 e. The summed E-state index contributed by atoms with van der Waals surface area (Å²) >= 11 is 0. The molecule has 4 nitrogen and oxygen atoms in total. The second-order valence-electron chi connectivity index (χ2n) is 6.07. The number of para-hydroxylation sites is 1. The molecule has 0 radical (unpaired) electrons. The molecule has 26 heavy (non-hydrogen) atoms. The predicted molar refractivity (Wildman–Crippen MR) is 103 cm³/mol. The summed E-state index contributed by atoms with van der Waals surface area (Å²) in [6.07, 6.45) is 3.37. The molecule has 0 saturated carbocycles. The molecular weight excluding hydrogens is 322 g/mol. The monoisotopic (exact) mass is 339 g/mol. The molecule has 4 heteroatoms. The average Bonchev–Trinajstić information content (AvgIpc) is 3.08. The van der Waals surface area contributed by atoms with Crippen molar-refractivity contribution in [3.05, 3.63) is 95.8 Å². The Kier molecular flexibility index (Phi) is 4.15. The zero-order valence-electron chi connectivity index (χ0n) is 14.3. The Balaban J connectivity index is 1.60. The van der Waals surface area contributed by atoms with Crippen LogP contribution < -0.4 is 0 Å². The molecular formula is C22H17N3O. The van der Waals surface area contributed by atoms with E-state index in [-0.39, 0.29) is 5.78 Å². The lowest BCUT2D eigenvalue weighted by Crippen LogP contribution is -2.01. The van der Waals surface area contributed by atoms with Gasteiger partial charge in [0.2, 0.25) is 5.78 Å². The maximum absolute atomic E-state index is 12.5. The van der Waals surface area contributed by atoms with Gasteiger partial charge in [0.05, 0.1) is 11.4 Å². The van der Waals surface area contributed by atoms with Crippen molar-refractivity contribution in [1.29, 1.82) is 0 Å². The molecule has 0 aliphatic rings. The van der Waals surface area contributed by atoms with E-state index in [9.17, 15) is 4.79 Å². The van der Waals surface area contributed by atoms with E-state index >= 15 is 0 Å². The first-order chi connectivity index (χ1) is 12.7. The normalized spacial score (nSPS) is 11.3. The third-order valence-corrected chi connectivity index (χ3v) is 4.33. The summed E-state index contributed by atoms with van der Waals surface area (Å²) in [4.78, 5) is 12.5. The second-order valence-corrected chi connectivity index (χ2v) is 6.07. The van der Waals surface area contributed by atoms with E-state index in [1.807, 2.05) is 61.5 Å². The molecule has 0 amide bonds. The van der Waals surface area contributed by atoms with E-state index < -0.39 is 0 Å². The van der Waals surface area contributed by atoms with Crippen molar-refractivity contribution in [3.63, 3.8) is 0 Å². The van der Waals surface area contributed by atoms with Gasteiger partial charge in [-0.2, -0.15) is 0 Å². The summed E-state index contributed by atoms with van der Waals surface area (Å²) in [7, 11) is 0. The fourth-order valence-corrected chi connectivity index (χ4v) is 2.93. The zero-order chi connectivity index (χ0) is 17.9. The molecule has 4 rings (SSSR count). The Hall–Kier alpha value is -3.53. The third-order valence-electron chi connectivity index (χ3n) is 4.33. The van der Waals surface area contributed by atoms with Crippen LogP contribution in [-0.2, 0) is 0 Å². The lowest BCUT2D eigenvalue weighted by atomic mass is 10.1. The van der Waals surface area contributed by atoms with Crippen LogP contribution in [0.5, 0.6) is 0 Å². The number of benzene rings is 3. The van der Waals surface area contributed by atoms with Gasteiger partial charge in [0.25, 0.3) is 0 Å². The highest BCUT2D eigenvalue weighted by Gasteiger charge is 2.15. The lowest BCUT2D eigenvalue weighted by Gasteiger charge is -2.02. The molecule has 0 fully saturated rings. The van der Waals surface area contributed by atoms with Crippen molar-refractivity contribution in [3.8, 4) is 5.69 Å². The Morgan fingerprint density at radius 2 is 1.65 bits per heavy atom. The molecule has 0 atom stereocenters. The topological polar surface area (TPSA) is 47.8 Å². The molecule has 0 bridgehead atoms. The van der Waals surface area contributed by atoms with Crippen molar-refractivity contribution < 1.29 is 4.79 Å². The number of hydrogen-bond donors (Lipinski definition) is 0.